The van der Waals surface area contributed by atoms with E-state index in [1.54, 1.807) is 24.0 Å². The summed E-state index contributed by atoms with van der Waals surface area (Å²) < 4.78 is 5.70. The molecule has 0 aromatic carbocycles. The molecule has 2 unspecified atom stereocenters. The van der Waals surface area contributed by atoms with Crippen molar-refractivity contribution < 1.29 is 4.74 Å². The molecule has 2 heteroatoms. The molecule has 44 valence electrons. The first kappa shape index (κ1) is 7.52. The van der Waals surface area contributed by atoms with Gasteiger partial charge >= 0.3 is 53.4 Å². The summed E-state index contributed by atoms with van der Waals surface area (Å²) in [6.45, 7) is 3.14. The van der Waals surface area contributed by atoms with Crippen molar-refractivity contribution in [2.24, 2.45) is 0 Å². The quantitative estimate of drug-likeness (QED) is 0.551. The second kappa shape index (κ2) is 4.67. The Morgan fingerprint density at radius 1 is 1.71 bits per heavy atom. The van der Waals surface area contributed by atoms with Gasteiger partial charge in [-0.25, -0.2) is 0 Å². The van der Waals surface area contributed by atoms with Crippen LogP contribution in [-0.2, 0) is 4.74 Å². The van der Waals surface area contributed by atoms with E-state index < -0.39 is 0 Å². The Hall–Kier alpha value is 0.518. The van der Waals surface area contributed by atoms with Crippen molar-refractivity contribution in [1.29, 1.82) is 0 Å². The van der Waals surface area contributed by atoms with Gasteiger partial charge in [0.05, 0.1) is 0 Å². The van der Waals surface area contributed by atoms with Crippen LogP contribution in [0.2, 0.25) is 4.71 Å². The fraction of sp³-hybridized carbons (Fsp3) is 1.00. The SMILES string of the molecule is COCCC(C)[AsH2]. The summed E-state index contributed by atoms with van der Waals surface area (Å²) in [5.74, 6) is 0. The van der Waals surface area contributed by atoms with Crippen LogP contribution >= 0.6 is 0 Å². The second-order valence-corrected chi connectivity index (χ2v) is 4.15. The van der Waals surface area contributed by atoms with Gasteiger partial charge in [0.1, 0.15) is 0 Å². The standard InChI is InChI=1S/C5H13AsO/c1-5(6)3-4-7-2/h5H,3-4,6H2,1-2H3. The van der Waals surface area contributed by atoms with Crippen LogP contribution in [0.4, 0.5) is 0 Å². The molecule has 0 rings (SSSR count). The summed E-state index contributed by atoms with van der Waals surface area (Å²) in [4.78, 5) is 0. The van der Waals surface area contributed by atoms with Crippen molar-refractivity contribution in [1.82, 2.24) is 0 Å². The van der Waals surface area contributed by atoms with E-state index in [-0.39, 0.29) is 0 Å². The van der Waals surface area contributed by atoms with Crippen molar-refractivity contribution in [2.75, 3.05) is 13.7 Å². The Morgan fingerprint density at radius 2 is 2.29 bits per heavy atom. The minimum atomic E-state index is 0.840. The topological polar surface area (TPSA) is 9.23 Å². The van der Waals surface area contributed by atoms with Crippen LogP contribution in [-0.4, -0.2) is 30.6 Å². The molecule has 0 saturated carbocycles. The molecule has 0 saturated heterocycles. The Balaban J connectivity index is 2.68. The second-order valence-electron chi connectivity index (χ2n) is 1.76. The van der Waals surface area contributed by atoms with Gasteiger partial charge in [0.25, 0.3) is 0 Å². The fourth-order valence-corrected chi connectivity index (χ4v) is 0.589. The average Bonchev–Trinajstić information content (AvgIpc) is 1.61. The predicted octanol–water partition coefficient (Wildman–Crippen LogP) is 0.464. The normalized spacial score (nSPS) is 14.1. The number of ether oxygens (including phenoxy) is 1. The Bertz CT molecular complexity index is 37.1. The van der Waals surface area contributed by atoms with Gasteiger partial charge in [-0.1, -0.05) is 0 Å². The third kappa shape index (κ3) is 6.52. The van der Waals surface area contributed by atoms with E-state index in [9.17, 15) is 0 Å². The first-order valence-corrected chi connectivity index (χ1v) is 3.91. The molecule has 0 spiro atoms. The van der Waals surface area contributed by atoms with Crippen molar-refractivity contribution in [3.63, 3.8) is 0 Å². The fourth-order valence-electron chi connectivity index (χ4n) is 0.304. The predicted molar refractivity (Wildman–Crippen MR) is 34.5 cm³/mol. The third-order valence-electron chi connectivity index (χ3n) is 0.777. The molecule has 1 nitrogen and oxygen atoms in total. The average molecular weight is 164 g/mol. The minimum absolute atomic E-state index is 0.840. The summed E-state index contributed by atoms with van der Waals surface area (Å²) in [7, 11) is 1.75. The van der Waals surface area contributed by atoms with Crippen LogP contribution in [0.3, 0.4) is 0 Å². The molecule has 0 N–H and O–H groups in total. The molecule has 0 aliphatic carbocycles. The molecule has 7 heavy (non-hydrogen) atoms. The van der Waals surface area contributed by atoms with E-state index >= 15 is 0 Å². The molecule has 0 aromatic heterocycles. The van der Waals surface area contributed by atoms with E-state index in [2.05, 4.69) is 6.92 Å². The molecule has 0 amide bonds. The summed E-state index contributed by atoms with van der Waals surface area (Å²) in [5.41, 5.74) is 0. The first-order chi connectivity index (χ1) is 3.27. The van der Waals surface area contributed by atoms with Crippen molar-refractivity contribution in [3.8, 4) is 0 Å². The van der Waals surface area contributed by atoms with Crippen LogP contribution in [0.5, 0.6) is 0 Å². The Labute approximate surface area is 53.9 Å². The van der Waals surface area contributed by atoms with Crippen LogP contribution < -0.4 is 0 Å². The zero-order chi connectivity index (χ0) is 5.70. The molecule has 0 aliphatic rings. The van der Waals surface area contributed by atoms with Gasteiger partial charge in [-0.3, -0.25) is 0 Å². The molecular weight excluding hydrogens is 151 g/mol. The number of hydrogen-bond acceptors (Lipinski definition) is 1. The maximum absolute atomic E-state index is 4.86. The van der Waals surface area contributed by atoms with Crippen LogP contribution in [0.15, 0.2) is 0 Å². The van der Waals surface area contributed by atoms with Crippen molar-refractivity contribution >= 4 is 16.9 Å². The van der Waals surface area contributed by atoms with Gasteiger partial charge in [-0.2, -0.15) is 0 Å². The molecule has 0 aliphatic heterocycles. The van der Waals surface area contributed by atoms with E-state index in [1.807, 2.05) is 0 Å². The number of hydrogen-bond donors (Lipinski definition) is 0. The Morgan fingerprint density at radius 3 is 2.43 bits per heavy atom. The zero-order valence-corrected chi connectivity index (χ0v) is 7.40. The summed E-state index contributed by atoms with van der Waals surface area (Å²) in [5, 5.41) is 0. The van der Waals surface area contributed by atoms with E-state index in [0.717, 1.165) is 11.3 Å². The molecule has 0 radical (unpaired) electrons. The van der Waals surface area contributed by atoms with Gasteiger partial charge in [-0.15, -0.1) is 0 Å². The molecule has 2 atom stereocenters. The molecule has 0 fully saturated rings. The third-order valence-corrected chi connectivity index (χ3v) is 1.48. The maximum atomic E-state index is 4.86. The molecule has 0 heterocycles. The van der Waals surface area contributed by atoms with Crippen LogP contribution in [0.25, 0.3) is 0 Å². The van der Waals surface area contributed by atoms with Gasteiger partial charge in [-0.05, 0) is 0 Å². The van der Waals surface area contributed by atoms with Crippen LogP contribution in [0, 0.1) is 0 Å². The monoisotopic (exact) mass is 164 g/mol. The Kier molecular flexibility index (Phi) is 5.02. The zero-order valence-electron chi connectivity index (χ0n) is 4.98. The number of methoxy groups -OCH3 is 1. The summed E-state index contributed by atoms with van der Waals surface area (Å²) >= 11 is 1.79. The van der Waals surface area contributed by atoms with Crippen molar-refractivity contribution in [2.45, 2.75) is 18.1 Å². The first-order valence-electron chi connectivity index (χ1n) is 2.52. The van der Waals surface area contributed by atoms with Gasteiger partial charge in [0, 0.05) is 0 Å². The molecular formula is C5H13AsO. The van der Waals surface area contributed by atoms with E-state index in [4.69, 9.17) is 4.74 Å². The number of rotatable bonds is 3. The van der Waals surface area contributed by atoms with Gasteiger partial charge in [0.2, 0.25) is 0 Å². The van der Waals surface area contributed by atoms with Crippen molar-refractivity contribution in [3.05, 3.63) is 0 Å². The summed E-state index contributed by atoms with van der Waals surface area (Å²) in [6.07, 6.45) is 1.20. The van der Waals surface area contributed by atoms with Gasteiger partial charge < -0.3 is 0 Å². The van der Waals surface area contributed by atoms with E-state index in [1.165, 1.54) is 6.42 Å². The van der Waals surface area contributed by atoms with Crippen LogP contribution in [0.1, 0.15) is 13.3 Å². The molecule has 0 bridgehead atoms. The summed E-state index contributed by atoms with van der Waals surface area (Å²) in [6, 6.07) is 0. The molecule has 0 aromatic rings. The van der Waals surface area contributed by atoms with E-state index in [0.29, 0.717) is 0 Å². The van der Waals surface area contributed by atoms with Gasteiger partial charge in [0.15, 0.2) is 0 Å².